The van der Waals surface area contributed by atoms with Gasteiger partial charge in [-0.15, -0.1) is 0 Å². The van der Waals surface area contributed by atoms with Crippen LogP contribution in [0.15, 0.2) is 53.0 Å². The molecule has 0 saturated carbocycles. The van der Waals surface area contributed by atoms with E-state index in [1.165, 1.54) is 11.1 Å². The van der Waals surface area contributed by atoms with Crippen molar-refractivity contribution in [1.82, 2.24) is 0 Å². The fraction of sp³-hybridized carbons (Fsp3) is 0.125. The molecule has 0 spiro atoms. The number of allylic oxidation sites excluding steroid dienone is 1. The predicted octanol–water partition coefficient (Wildman–Crippen LogP) is 5.02. The number of rotatable bonds is 3. The molecular weight excluding hydrogens is 288 g/mol. The number of methoxy groups -OCH3 is 1. The van der Waals surface area contributed by atoms with Gasteiger partial charge in [-0.2, -0.15) is 0 Å². The van der Waals surface area contributed by atoms with Crippen LogP contribution in [0.3, 0.4) is 0 Å². The van der Waals surface area contributed by atoms with E-state index in [1.54, 1.807) is 7.11 Å². The van der Waals surface area contributed by atoms with E-state index in [2.05, 4.69) is 41.1 Å². The Labute approximate surface area is 116 Å². The third kappa shape index (κ3) is 2.82. The molecule has 0 radical (unpaired) electrons. The van der Waals surface area contributed by atoms with Crippen LogP contribution >= 0.6 is 15.9 Å². The SMILES string of the molecule is COc1ccccc1/C(C)=C/c1ccccc1Br. The summed E-state index contributed by atoms with van der Waals surface area (Å²) < 4.78 is 6.48. The number of benzene rings is 2. The molecule has 18 heavy (non-hydrogen) atoms. The molecule has 0 saturated heterocycles. The molecule has 92 valence electrons. The van der Waals surface area contributed by atoms with Crippen LogP contribution in [0.2, 0.25) is 0 Å². The number of halogens is 1. The molecule has 0 aromatic heterocycles. The summed E-state index contributed by atoms with van der Waals surface area (Å²) in [5, 5.41) is 0. The van der Waals surface area contributed by atoms with Gasteiger partial charge in [-0.05, 0) is 30.2 Å². The molecule has 0 N–H and O–H groups in total. The van der Waals surface area contributed by atoms with Crippen LogP contribution in [-0.4, -0.2) is 7.11 Å². The Bertz CT molecular complexity index is 573. The summed E-state index contributed by atoms with van der Waals surface area (Å²) in [6.07, 6.45) is 2.15. The highest BCUT2D eigenvalue weighted by molar-refractivity contribution is 9.10. The minimum Gasteiger partial charge on any atom is -0.496 e. The largest absolute Gasteiger partial charge is 0.496 e. The lowest BCUT2D eigenvalue weighted by molar-refractivity contribution is 0.413. The van der Waals surface area contributed by atoms with Crippen molar-refractivity contribution in [2.75, 3.05) is 7.11 Å². The summed E-state index contributed by atoms with van der Waals surface area (Å²) in [7, 11) is 1.70. The second-order valence-corrected chi connectivity index (χ2v) is 4.90. The van der Waals surface area contributed by atoms with Crippen molar-refractivity contribution in [1.29, 1.82) is 0 Å². The van der Waals surface area contributed by atoms with Gasteiger partial charge in [-0.25, -0.2) is 0 Å². The summed E-state index contributed by atoms with van der Waals surface area (Å²) in [6, 6.07) is 16.2. The zero-order chi connectivity index (χ0) is 13.0. The number of para-hydroxylation sites is 1. The molecule has 0 atom stereocenters. The van der Waals surface area contributed by atoms with Gasteiger partial charge in [-0.1, -0.05) is 58.4 Å². The summed E-state index contributed by atoms with van der Waals surface area (Å²) in [6.45, 7) is 2.09. The third-order valence-corrected chi connectivity index (χ3v) is 3.53. The van der Waals surface area contributed by atoms with E-state index in [0.717, 1.165) is 15.8 Å². The molecule has 0 heterocycles. The second kappa shape index (κ2) is 5.87. The minimum atomic E-state index is 0.901. The van der Waals surface area contributed by atoms with E-state index in [0.29, 0.717) is 0 Å². The molecule has 0 aliphatic rings. The standard InChI is InChI=1S/C16H15BrO/c1-12(11-13-7-3-5-9-15(13)17)14-8-4-6-10-16(14)18-2/h3-11H,1-2H3/b12-11+. The monoisotopic (exact) mass is 302 g/mol. The maximum Gasteiger partial charge on any atom is 0.126 e. The van der Waals surface area contributed by atoms with Gasteiger partial charge in [0.2, 0.25) is 0 Å². The van der Waals surface area contributed by atoms with Crippen LogP contribution in [0.1, 0.15) is 18.1 Å². The Balaban J connectivity index is 2.42. The highest BCUT2D eigenvalue weighted by atomic mass is 79.9. The molecule has 0 aliphatic heterocycles. The Morgan fingerprint density at radius 2 is 1.72 bits per heavy atom. The van der Waals surface area contributed by atoms with E-state index in [4.69, 9.17) is 4.74 Å². The normalized spacial score (nSPS) is 11.4. The number of hydrogen-bond acceptors (Lipinski definition) is 1. The molecule has 2 aromatic rings. The first-order valence-electron chi connectivity index (χ1n) is 5.78. The molecule has 0 fully saturated rings. The molecular formula is C16H15BrO. The molecule has 2 aromatic carbocycles. The quantitative estimate of drug-likeness (QED) is 0.724. The van der Waals surface area contributed by atoms with Crippen molar-refractivity contribution < 1.29 is 4.74 Å². The van der Waals surface area contributed by atoms with Crippen LogP contribution in [0.5, 0.6) is 5.75 Å². The van der Waals surface area contributed by atoms with Crippen LogP contribution < -0.4 is 4.74 Å². The molecule has 0 amide bonds. The highest BCUT2D eigenvalue weighted by Gasteiger charge is 2.04. The average molecular weight is 303 g/mol. The van der Waals surface area contributed by atoms with E-state index in [-0.39, 0.29) is 0 Å². The van der Waals surface area contributed by atoms with E-state index in [1.807, 2.05) is 36.4 Å². The second-order valence-electron chi connectivity index (χ2n) is 4.05. The van der Waals surface area contributed by atoms with Gasteiger partial charge in [0.1, 0.15) is 5.75 Å². The number of hydrogen-bond donors (Lipinski definition) is 0. The Kier molecular flexibility index (Phi) is 4.21. The first-order chi connectivity index (χ1) is 8.72. The molecule has 2 heteroatoms. The topological polar surface area (TPSA) is 9.23 Å². The van der Waals surface area contributed by atoms with Gasteiger partial charge in [0, 0.05) is 10.0 Å². The zero-order valence-corrected chi connectivity index (χ0v) is 12.1. The summed E-state index contributed by atoms with van der Waals surface area (Å²) in [4.78, 5) is 0. The lowest BCUT2D eigenvalue weighted by atomic mass is 10.0. The maximum atomic E-state index is 5.38. The first kappa shape index (κ1) is 12.9. The van der Waals surface area contributed by atoms with Gasteiger partial charge in [-0.3, -0.25) is 0 Å². The lowest BCUT2D eigenvalue weighted by Crippen LogP contribution is -1.89. The van der Waals surface area contributed by atoms with Gasteiger partial charge in [0.05, 0.1) is 7.11 Å². The van der Waals surface area contributed by atoms with Crippen molar-refractivity contribution >= 4 is 27.6 Å². The van der Waals surface area contributed by atoms with Crippen LogP contribution in [0, 0.1) is 0 Å². The van der Waals surface area contributed by atoms with Gasteiger partial charge >= 0.3 is 0 Å². The van der Waals surface area contributed by atoms with Crippen LogP contribution in [-0.2, 0) is 0 Å². The van der Waals surface area contributed by atoms with E-state index < -0.39 is 0 Å². The zero-order valence-electron chi connectivity index (χ0n) is 10.5. The molecule has 0 unspecified atom stereocenters. The Morgan fingerprint density at radius 1 is 1.06 bits per heavy atom. The van der Waals surface area contributed by atoms with Crippen LogP contribution in [0.4, 0.5) is 0 Å². The first-order valence-corrected chi connectivity index (χ1v) is 6.58. The van der Waals surface area contributed by atoms with Crippen molar-refractivity contribution in [3.63, 3.8) is 0 Å². The average Bonchev–Trinajstić information content (AvgIpc) is 2.41. The molecule has 1 nitrogen and oxygen atoms in total. The van der Waals surface area contributed by atoms with E-state index in [9.17, 15) is 0 Å². The van der Waals surface area contributed by atoms with Crippen molar-refractivity contribution in [3.8, 4) is 5.75 Å². The molecule has 0 bridgehead atoms. The van der Waals surface area contributed by atoms with E-state index >= 15 is 0 Å². The van der Waals surface area contributed by atoms with Crippen molar-refractivity contribution in [2.24, 2.45) is 0 Å². The lowest BCUT2D eigenvalue weighted by Gasteiger charge is -2.09. The van der Waals surface area contributed by atoms with Crippen molar-refractivity contribution in [2.45, 2.75) is 6.92 Å². The van der Waals surface area contributed by atoms with Crippen molar-refractivity contribution in [3.05, 3.63) is 64.1 Å². The smallest absolute Gasteiger partial charge is 0.126 e. The van der Waals surface area contributed by atoms with Crippen LogP contribution in [0.25, 0.3) is 11.6 Å². The molecule has 2 rings (SSSR count). The van der Waals surface area contributed by atoms with Gasteiger partial charge < -0.3 is 4.74 Å². The Morgan fingerprint density at radius 3 is 2.44 bits per heavy atom. The summed E-state index contributed by atoms with van der Waals surface area (Å²) in [5.41, 5.74) is 3.47. The third-order valence-electron chi connectivity index (χ3n) is 2.81. The summed E-state index contributed by atoms with van der Waals surface area (Å²) >= 11 is 3.56. The number of ether oxygens (including phenoxy) is 1. The maximum absolute atomic E-state index is 5.38. The highest BCUT2D eigenvalue weighted by Crippen LogP contribution is 2.28. The van der Waals surface area contributed by atoms with Gasteiger partial charge in [0.25, 0.3) is 0 Å². The fourth-order valence-corrected chi connectivity index (χ4v) is 2.27. The van der Waals surface area contributed by atoms with Gasteiger partial charge in [0.15, 0.2) is 0 Å². The molecule has 0 aliphatic carbocycles. The fourth-order valence-electron chi connectivity index (χ4n) is 1.87. The Hall–Kier alpha value is -1.54. The summed E-state index contributed by atoms with van der Waals surface area (Å²) in [5.74, 6) is 0.901. The minimum absolute atomic E-state index is 0.901. The predicted molar refractivity (Wildman–Crippen MR) is 80.7 cm³/mol.